The molecule has 2 atom stereocenters. The van der Waals surface area contributed by atoms with Crippen LogP contribution in [0.25, 0.3) is 0 Å². The molecule has 0 aliphatic rings. The predicted octanol–water partition coefficient (Wildman–Crippen LogP) is 12.9. The van der Waals surface area contributed by atoms with E-state index in [2.05, 4.69) is 43.5 Å². The van der Waals surface area contributed by atoms with Crippen LogP contribution in [-0.4, -0.2) is 47.4 Å². The lowest BCUT2D eigenvalue weighted by molar-refractivity contribution is -0.143. The van der Waals surface area contributed by atoms with Gasteiger partial charge in [-0.25, -0.2) is 0 Å². The van der Waals surface area contributed by atoms with Gasteiger partial charge in [0, 0.05) is 12.8 Å². The molecule has 0 rings (SSSR count). The Morgan fingerprint density at radius 3 is 1.34 bits per heavy atom. The number of hydrogen-bond acceptors (Lipinski definition) is 5. The number of unbranched alkanes of at least 4 members (excludes halogenated alkanes) is 26. The van der Waals surface area contributed by atoms with E-state index in [1.165, 1.54) is 116 Å². The van der Waals surface area contributed by atoms with Gasteiger partial charge in [0.15, 0.2) is 0 Å². The Morgan fingerprint density at radius 1 is 0.509 bits per heavy atom. The third-order valence-corrected chi connectivity index (χ3v) is 10.1. The number of aliphatic hydroxyl groups is 2. The van der Waals surface area contributed by atoms with E-state index in [-0.39, 0.29) is 18.5 Å². The summed E-state index contributed by atoms with van der Waals surface area (Å²) in [5.74, 6) is -0.132. The quantitative estimate of drug-likeness (QED) is 0.0329. The number of ether oxygens (including phenoxy) is 1. The van der Waals surface area contributed by atoms with Crippen LogP contribution in [0.3, 0.4) is 0 Å². The zero-order chi connectivity index (χ0) is 38.7. The molecule has 0 bridgehead atoms. The van der Waals surface area contributed by atoms with Crippen molar-refractivity contribution in [1.29, 1.82) is 0 Å². The number of allylic oxidation sites excluding steroid dienone is 5. The van der Waals surface area contributed by atoms with Gasteiger partial charge in [-0.05, 0) is 89.9 Å². The van der Waals surface area contributed by atoms with Gasteiger partial charge in [0.1, 0.15) is 0 Å². The normalized spacial score (nSPS) is 13.1. The van der Waals surface area contributed by atoms with Gasteiger partial charge in [0.05, 0.1) is 25.4 Å². The van der Waals surface area contributed by atoms with Gasteiger partial charge in [-0.15, -0.1) is 0 Å². The molecule has 1 amide bonds. The number of carbonyl (C=O) groups is 2. The van der Waals surface area contributed by atoms with E-state index in [0.29, 0.717) is 19.4 Å². The maximum absolute atomic E-state index is 12.3. The van der Waals surface area contributed by atoms with Gasteiger partial charge in [0.2, 0.25) is 5.91 Å². The van der Waals surface area contributed by atoms with E-state index in [1.54, 1.807) is 6.08 Å². The van der Waals surface area contributed by atoms with Gasteiger partial charge in [-0.3, -0.25) is 9.59 Å². The smallest absolute Gasteiger partial charge is 0.305 e. The molecule has 3 N–H and O–H groups in total. The van der Waals surface area contributed by atoms with Gasteiger partial charge in [-0.1, -0.05) is 159 Å². The lowest BCUT2D eigenvalue weighted by Gasteiger charge is -2.20. The maximum atomic E-state index is 12.3. The second-order valence-corrected chi connectivity index (χ2v) is 15.4. The van der Waals surface area contributed by atoms with Crippen molar-refractivity contribution in [3.63, 3.8) is 0 Å². The monoisotopic (exact) mass is 746 g/mol. The van der Waals surface area contributed by atoms with Gasteiger partial charge in [0.25, 0.3) is 0 Å². The third kappa shape index (κ3) is 39.6. The summed E-state index contributed by atoms with van der Waals surface area (Å²) in [6.45, 7) is 4.79. The zero-order valence-electron chi connectivity index (χ0n) is 35.0. The van der Waals surface area contributed by atoms with Crippen molar-refractivity contribution in [2.45, 2.75) is 238 Å². The Bertz CT molecular complexity index is 869. The highest BCUT2D eigenvalue weighted by Crippen LogP contribution is 2.13. The molecule has 0 saturated carbocycles. The molecule has 0 aromatic heterocycles. The number of rotatable bonds is 41. The Kier molecular flexibility index (Phi) is 41.3. The van der Waals surface area contributed by atoms with E-state index >= 15 is 0 Å². The fraction of sp³-hybridized carbons (Fsp3) is 0.830. The second-order valence-electron chi connectivity index (χ2n) is 15.4. The highest BCUT2D eigenvalue weighted by molar-refractivity contribution is 5.76. The molecular weight excluding hydrogens is 659 g/mol. The second kappa shape index (κ2) is 42.8. The summed E-state index contributed by atoms with van der Waals surface area (Å²) in [4.78, 5) is 24.3. The molecule has 0 radical (unpaired) electrons. The van der Waals surface area contributed by atoms with Gasteiger partial charge >= 0.3 is 5.97 Å². The van der Waals surface area contributed by atoms with Gasteiger partial charge < -0.3 is 20.3 Å². The molecule has 310 valence electrons. The first kappa shape index (κ1) is 51.1. The van der Waals surface area contributed by atoms with E-state index in [0.717, 1.165) is 83.5 Å². The van der Waals surface area contributed by atoms with Crippen molar-refractivity contribution < 1.29 is 24.5 Å². The molecule has 0 heterocycles. The summed E-state index contributed by atoms with van der Waals surface area (Å²) >= 11 is 0. The van der Waals surface area contributed by atoms with Crippen LogP contribution in [0.4, 0.5) is 0 Å². The van der Waals surface area contributed by atoms with E-state index in [1.807, 2.05) is 6.08 Å². The van der Waals surface area contributed by atoms with Crippen LogP contribution in [0.15, 0.2) is 36.5 Å². The molecule has 0 saturated heterocycles. The molecule has 0 spiro atoms. The Balaban J connectivity index is 3.55. The summed E-state index contributed by atoms with van der Waals surface area (Å²) in [5.41, 5.74) is 0. The summed E-state index contributed by atoms with van der Waals surface area (Å²) in [5, 5.41) is 22.9. The minimum atomic E-state index is -0.858. The van der Waals surface area contributed by atoms with Crippen LogP contribution in [0.5, 0.6) is 0 Å². The molecule has 0 aliphatic heterocycles. The summed E-state index contributed by atoms with van der Waals surface area (Å²) < 4.78 is 5.42. The first-order valence-corrected chi connectivity index (χ1v) is 22.8. The maximum Gasteiger partial charge on any atom is 0.305 e. The number of esters is 1. The van der Waals surface area contributed by atoms with Crippen LogP contribution in [0, 0.1) is 0 Å². The fourth-order valence-electron chi connectivity index (χ4n) is 6.56. The van der Waals surface area contributed by atoms with E-state index in [4.69, 9.17) is 4.74 Å². The summed E-state index contributed by atoms with van der Waals surface area (Å²) in [6.07, 6.45) is 49.9. The number of hydrogen-bond donors (Lipinski definition) is 3. The molecule has 2 unspecified atom stereocenters. The van der Waals surface area contributed by atoms with Crippen molar-refractivity contribution in [3.05, 3.63) is 36.5 Å². The van der Waals surface area contributed by atoms with E-state index < -0.39 is 12.1 Å². The first-order chi connectivity index (χ1) is 26.0. The molecule has 0 aromatic rings. The molecule has 0 fully saturated rings. The fourth-order valence-corrected chi connectivity index (χ4v) is 6.56. The molecule has 0 aliphatic carbocycles. The topological polar surface area (TPSA) is 95.9 Å². The van der Waals surface area contributed by atoms with Crippen LogP contribution in [0.1, 0.15) is 226 Å². The average Bonchev–Trinajstić information content (AvgIpc) is 3.16. The standard InChI is InChI=1S/C47H87NO5/c1-3-5-7-9-11-13-15-16-17-21-25-29-33-37-41-47(52)53-42-38-34-30-26-22-19-18-20-24-28-32-36-40-46(51)48-44(43-49)45(50)39-35-31-27-23-14-12-10-8-6-4-2/h15-16,19,22,35,39,44-45,49-50H,3-14,17-18,20-21,23-34,36-38,40-43H2,1-2H3,(H,48,51)/b16-15-,22-19-,39-35+. The van der Waals surface area contributed by atoms with Crippen LogP contribution in [-0.2, 0) is 14.3 Å². The first-order valence-electron chi connectivity index (χ1n) is 22.8. The molecule has 53 heavy (non-hydrogen) atoms. The summed E-state index contributed by atoms with van der Waals surface area (Å²) in [6, 6.07) is -0.645. The largest absolute Gasteiger partial charge is 0.466 e. The Hall–Kier alpha value is -1.92. The molecule has 6 heteroatoms. The highest BCUT2D eigenvalue weighted by Gasteiger charge is 2.18. The van der Waals surface area contributed by atoms with Crippen LogP contribution in [0.2, 0.25) is 0 Å². The number of amides is 1. The molecule has 6 nitrogen and oxygen atoms in total. The van der Waals surface area contributed by atoms with Crippen LogP contribution < -0.4 is 5.32 Å². The Labute approximate surface area is 328 Å². The van der Waals surface area contributed by atoms with Crippen molar-refractivity contribution in [2.24, 2.45) is 0 Å². The number of carbonyl (C=O) groups excluding carboxylic acids is 2. The number of aliphatic hydroxyl groups excluding tert-OH is 2. The lowest BCUT2D eigenvalue weighted by atomic mass is 10.1. The molecule has 0 aromatic carbocycles. The van der Waals surface area contributed by atoms with Crippen molar-refractivity contribution >= 4 is 11.9 Å². The Morgan fingerprint density at radius 2 is 0.887 bits per heavy atom. The van der Waals surface area contributed by atoms with E-state index in [9.17, 15) is 19.8 Å². The SMILES string of the molecule is CCCCCCC/C=C\CCCCCCCC(=O)OCCCCC/C=C\CCCCCCCC(=O)NC(CO)C(O)/C=C/CCCCCCCCCC. The minimum Gasteiger partial charge on any atom is -0.466 e. The average molecular weight is 746 g/mol. The predicted molar refractivity (Wildman–Crippen MR) is 227 cm³/mol. The lowest BCUT2D eigenvalue weighted by Crippen LogP contribution is -2.45. The summed E-state index contributed by atoms with van der Waals surface area (Å²) in [7, 11) is 0. The molecular formula is C47H87NO5. The van der Waals surface area contributed by atoms with Crippen molar-refractivity contribution in [2.75, 3.05) is 13.2 Å². The highest BCUT2D eigenvalue weighted by atomic mass is 16.5. The van der Waals surface area contributed by atoms with Crippen molar-refractivity contribution in [3.8, 4) is 0 Å². The zero-order valence-corrected chi connectivity index (χ0v) is 35.0. The number of nitrogens with one attached hydrogen (secondary N) is 1. The van der Waals surface area contributed by atoms with Crippen LogP contribution >= 0.6 is 0 Å². The van der Waals surface area contributed by atoms with Crippen molar-refractivity contribution in [1.82, 2.24) is 5.32 Å². The third-order valence-electron chi connectivity index (χ3n) is 10.1. The van der Waals surface area contributed by atoms with Gasteiger partial charge in [-0.2, -0.15) is 0 Å². The minimum absolute atomic E-state index is 0.0344.